The topological polar surface area (TPSA) is 13.1 Å². The Hall–Kier alpha value is -6.96. The van der Waals surface area contributed by atoms with Gasteiger partial charge in [-0.25, -0.2) is 0 Å². The van der Waals surface area contributed by atoms with Crippen molar-refractivity contribution in [3.63, 3.8) is 0 Å². The van der Waals surface area contributed by atoms with Gasteiger partial charge in [0.1, 0.15) is 11.2 Å². The van der Waals surface area contributed by atoms with Crippen LogP contribution in [0, 0.1) is 0 Å². The fourth-order valence-electron chi connectivity index (χ4n) is 8.61. The summed E-state index contributed by atoms with van der Waals surface area (Å²) < 4.78 is 6.55. The normalized spacial score (nSPS) is 11.8. The number of fused-ring (bicyclic) bond motifs is 7. The molecular weight excluding hydrogens is 641 g/mol. The summed E-state index contributed by atoms with van der Waals surface area (Å²) in [5.41, 5.74) is 11.5. The molecule has 0 amide bonds. The van der Waals surface area contributed by atoms with Gasteiger partial charge < -0.3 is 4.42 Å². The summed E-state index contributed by atoms with van der Waals surface area (Å²) in [6.45, 7) is 0. The lowest BCUT2D eigenvalue weighted by atomic mass is 9.84. The van der Waals surface area contributed by atoms with Crippen molar-refractivity contribution in [2.75, 3.05) is 0 Å². The van der Waals surface area contributed by atoms with Gasteiger partial charge in [0.15, 0.2) is 0 Å². The van der Waals surface area contributed by atoms with Gasteiger partial charge in [-0.1, -0.05) is 164 Å². The predicted molar refractivity (Wildman–Crippen MR) is 225 cm³/mol. The number of benzene rings is 10. The fourth-order valence-corrected chi connectivity index (χ4v) is 8.61. The summed E-state index contributed by atoms with van der Waals surface area (Å²) in [5, 5.41) is 12.3. The van der Waals surface area contributed by atoms with Crippen molar-refractivity contribution in [1.82, 2.24) is 0 Å². The standard InChI is InChI=1S/C52H32O/c1-2-14-35(15-3-1)51-44-20-8-9-21-45(44)52(43-23-11-17-34-13-5-7-19-40(34)43)46-28-25-36(30-48(46)51)37-24-27-42-47-31-38(26-29-49(47)53-50(42)32-37)41-22-10-16-33-12-4-6-18-39(33)41/h1-32H. The minimum absolute atomic E-state index is 0.894. The van der Waals surface area contributed by atoms with E-state index in [1.807, 2.05) is 0 Å². The van der Waals surface area contributed by atoms with Crippen LogP contribution in [-0.2, 0) is 0 Å². The van der Waals surface area contributed by atoms with Crippen molar-refractivity contribution >= 4 is 65.0 Å². The third-order valence-corrected chi connectivity index (χ3v) is 11.1. The van der Waals surface area contributed by atoms with Crippen LogP contribution in [0.15, 0.2) is 199 Å². The van der Waals surface area contributed by atoms with E-state index in [9.17, 15) is 0 Å². The van der Waals surface area contributed by atoms with Crippen molar-refractivity contribution in [2.24, 2.45) is 0 Å². The van der Waals surface area contributed by atoms with E-state index in [1.54, 1.807) is 0 Å². The Balaban J connectivity index is 1.12. The van der Waals surface area contributed by atoms with Crippen LogP contribution in [0.2, 0.25) is 0 Å². The highest BCUT2D eigenvalue weighted by Crippen LogP contribution is 2.46. The highest BCUT2D eigenvalue weighted by molar-refractivity contribution is 6.24. The quantitative estimate of drug-likeness (QED) is 0.170. The van der Waals surface area contributed by atoms with Crippen LogP contribution < -0.4 is 0 Å². The van der Waals surface area contributed by atoms with Crippen LogP contribution >= 0.6 is 0 Å². The third-order valence-electron chi connectivity index (χ3n) is 11.1. The van der Waals surface area contributed by atoms with Gasteiger partial charge >= 0.3 is 0 Å². The highest BCUT2D eigenvalue weighted by atomic mass is 16.3. The maximum absolute atomic E-state index is 6.55. The molecule has 0 fully saturated rings. The average Bonchev–Trinajstić information content (AvgIpc) is 3.60. The van der Waals surface area contributed by atoms with Gasteiger partial charge in [0, 0.05) is 10.8 Å². The minimum Gasteiger partial charge on any atom is -0.456 e. The maximum Gasteiger partial charge on any atom is 0.136 e. The Kier molecular flexibility index (Phi) is 6.62. The summed E-state index contributed by atoms with van der Waals surface area (Å²) in [7, 11) is 0. The van der Waals surface area contributed by atoms with E-state index in [4.69, 9.17) is 4.42 Å². The van der Waals surface area contributed by atoms with Gasteiger partial charge in [-0.3, -0.25) is 0 Å². The Morgan fingerprint density at radius 3 is 1.53 bits per heavy atom. The zero-order valence-electron chi connectivity index (χ0n) is 28.9. The molecule has 0 saturated carbocycles. The number of furan rings is 1. The molecule has 1 heteroatoms. The summed E-state index contributed by atoms with van der Waals surface area (Å²) in [4.78, 5) is 0. The molecule has 0 aliphatic heterocycles. The van der Waals surface area contributed by atoms with Gasteiger partial charge in [0.2, 0.25) is 0 Å². The first-order valence-corrected chi connectivity index (χ1v) is 18.3. The Morgan fingerprint density at radius 2 is 0.774 bits per heavy atom. The van der Waals surface area contributed by atoms with E-state index in [1.165, 1.54) is 76.5 Å². The van der Waals surface area contributed by atoms with Crippen LogP contribution in [0.4, 0.5) is 0 Å². The highest BCUT2D eigenvalue weighted by Gasteiger charge is 2.19. The second kappa shape index (κ2) is 11.8. The van der Waals surface area contributed by atoms with Gasteiger partial charge in [0.05, 0.1) is 0 Å². The molecule has 0 aliphatic carbocycles. The molecule has 1 aromatic heterocycles. The van der Waals surface area contributed by atoms with E-state index < -0.39 is 0 Å². The van der Waals surface area contributed by atoms with E-state index in [2.05, 4.69) is 194 Å². The maximum atomic E-state index is 6.55. The zero-order valence-corrected chi connectivity index (χ0v) is 28.9. The molecule has 11 rings (SSSR count). The molecular formula is C52H32O. The molecule has 10 aromatic carbocycles. The molecule has 53 heavy (non-hydrogen) atoms. The molecule has 0 atom stereocenters. The first kappa shape index (κ1) is 29.7. The molecule has 0 unspecified atom stereocenters. The lowest BCUT2D eigenvalue weighted by molar-refractivity contribution is 0.669. The summed E-state index contributed by atoms with van der Waals surface area (Å²) in [6.07, 6.45) is 0. The number of hydrogen-bond donors (Lipinski definition) is 0. The van der Waals surface area contributed by atoms with Crippen LogP contribution in [-0.4, -0.2) is 0 Å². The lowest BCUT2D eigenvalue weighted by Gasteiger charge is -2.19. The monoisotopic (exact) mass is 672 g/mol. The molecule has 0 bridgehead atoms. The minimum atomic E-state index is 0.894. The van der Waals surface area contributed by atoms with Crippen molar-refractivity contribution < 1.29 is 4.42 Å². The van der Waals surface area contributed by atoms with E-state index in [0.717, 1.165) is 33.1 Å². The molecule has 0 N–H and O–H groups in total. The second-order valence-electron chi connectivity index (χ2n) is 14.0. The first-order chi connectivity index (χ1) is 26.3. The lowest BCUT2D eigenvalue weighted by Crippen LogP contribution is -1.92. The van der Waals surface area contributed by atoms with Crippen molar-refractivity contribution in [1.29, 1.82) is 0 Å². The largest absolute Gasteiger partial charge is 0.456 e. The number of rotatable bonds is 4. The van der Waals surface area contributed by atoms with E-state index >= 15 is 0 Å². The Bertz CT molecular complexity index is 3210. The fraction of sp³-hybridized carbons (Fsp3) is 0. The molecule has 1 nitrogen and oxygen atoms in total. The van der Waals surface area contributed by atoms with Crippen molar-refractivity contribution in [3.05, 3.63) is 194 Å². The molecule has 0 aliphatic rings. The van der Waals surface area contributed by atoms with Gasteiger partial charge in [0.25, 0.3) is 0 Å². The number of hydrogen-bond acceptors (Lipinski definition) is 1. The summed E-state index contributed by atoms with van der Waals surface area (Å²) in [5.74, 6) is 0. The van der Waals surface area contributed by atoms with Crippen LogP contribution in [0.1, 0.15) is 0 Å². The van der Waals surface area contributed by atoms with Crippen LogP contribution in [0.5, 0.6) is 0 Å². The Morgan fingerprint density at radius 1 is 0.245 bits per heavy atom. The Labute approximate surface area is 307 Å². The van der Waals surface area contributed by atoms with E-state index in [0.29, 0.717) is 0 Å². The summed E-state index contributed by atoms with van der Waals surface area (Å²) in [6, 6.07) is 70.5. The molecule has 0 spiro atoms. The average molecular weight is 673 g/mol. The smallest absolute Gasteiger partial charge is 0.136 e. The molecule has 1 heterocycles. The van der Waals surface area contributed by atoms with Crippen LogP contribution in [0.3, 0.4) is 0 Å². The molecule has 11 aromatic rings. The second-order valence-corrected chi connectivity index (χ2v) is 14.0. The van der Waals surface area contributed by atoms with Gasteiger partial charge in [-0.2, -0.15) is 0 Å². The van der Waals surface area contributed by atoms with Gasteiger partial charge in [-0.15, -0.1) is 0 Å². The van der Waals surface area contributed by atoms with Crippen molar-refractivity contribution in [2.45, 2.75) is 0 Å². The van der Waals surface area contributed by atoms with E-state index in [-0.39, 0.29) is 0 Å². The first-order valence-electron chi connectivity index (χ1n) is 18.3. The molecule has 0 radical (unpaired) electrons. The predicted octanol–water partition coefficient (Wildman–Crippen LogP) is 14.9. The molecule has 0 saturated heterocycles. The van der Waals surface area contributed by atoms with Crippen molar-refractivity contribution in [3.8, 4) is 44.5 Å². The van der Waals surface area contributed by atoms with Gasteiger partial charge in [-0.05, 0) is 118 Å². The SMILES string of the molecule is c1ccc(-c2c3ccccc3c(-c3cccc4ccccc34)c3ccc(-c4ccc5c(c4)oc4ccc(-c6cccc7ccccc67)cc45)cc23)cc1. The third kappa shape index (κ3) is 4.71. The molecule has 246 valence electrons. The summed E-state index contributed by atoms with van der Waals surface area (Å²) >= 11 is 0. The zero-order chi connectivity index (χ0) is 34.9. The van der Waals surface area contributed by atoms with Crippen LogP contribution in [0.25, 0.3) is 110 Å².